The second-order valence-corrected chi connectivity index (χ2v) is 17.4. The Morgan fingerprint density at radius 3 is 1.88 bits per heavy atom. The van der Waals surface area contributed by atoms with E-state index in [-0.39, 0.29) is 49.2 Å². The summed E-state index contributed by atoms with van der Waals surface area (Å²) in [5.41, 5.74) is 9.74. The maximum Gasteiger partial charge on any atom is 0.490 e. The predicted octanol–water partition coefficient (Wildman–Crippen LogP) is 2.97. The van der Waals surface area contributed by atoms with Gasteiger partial charge >= 0.3 is 12.1 Å². The number of fused-ring (bicyclic) bond motifs is 2. The van der Waals surface area contributed by atoms with E-state index in [1.165, 1.54) is 0 Å². The number of aliphatic carboxylic acids is 1. The van der Waals surface area contributed by atoms with Gasteiger partial charge < -0.3 is 41.9 Å². The van der Waals surface area contributed by atoms with E-state index in [0.717, 1.165) is 31.7 Å². The third-order valence-electron chi connectivity index (χ3n) is 10.5. The van der Waals surface area contributed by atoms with Gasteiger partial charge in [-0.15, -0.1) is 0 Å². The summed E-state index contributed by atoms with van der Waals surface area (Å²) >= 11 is 0. The number of sulfonamides is 1. The molecule has 17 nitrogen and oxygen atoms in total. The summed E-state index contributed by atoms with van der Waals surface area (Å²) in [5, 5.41) is 26.3. The molecule has 1 saturated heterocycles. The second kappa shape index (κ2) is 23.5. The van der Waals surface area contributed by atoms with Crippen molar-refractivity contribution in [2.75, 3.05) is 49.9 Å². The van der Waals surface area contributed by atoms with Crippen LogP contribution in [0.4, 0.5) is 24.5 Å². The first-order valence-corrected chi connectivity index (χ1v) is 22.5. The molecule has 6 bridgehead atoms. The van der Waals surface area contributed by atoms with Gasteiger partial charge in [-0.25, -0.2) is 17.9 Å². The smallest absolute Gasteiger partial charge is 0.475 e. The number of hydrogen-bond acceptors (Lipinski definition) is 10. The van der Waals surface area contributed by atoms with Crippen LogP contribution >= 0.6 is 0 Å². The number of piperazine rings is 1. The molecule has 0 spiro atoms. The third-order valence-corrected chi connectivity index (χ3v) is 11.9. The number of carbonyl (C=O) groups excluding carboxylic acids is 4. The molecule has 8 rings (SSSR count). The molecule has 0 radical (unpaired) electrons. The van der Waals surface area contributed by atoms with E-state index in [9.17, 15) is 40.8 Å². The fourth-order valence-electron chi connectivity index (χ4n) is 7.01. The van der Waals surface area contributed by atoms with Crippen LogP contribution in [0.2, 0.25) is 0 Å². The lowest BCUT2D eigenvalue weighted by molar-refractivity contribution is -0.192. The van der Waals surface area contributed by atoms with Gasteiger partial charge in [-0.05, 0) is 52.9 Å². The predicted molar refractivity (Wildman–Crippen MR) is 241 cm³/mol. The molecule has 0 aromatic heterocycles. The third kappa shape index (κ3) is 16.7. The van der Waals surface area contributed by atoms with E-state index >= 15 is 0 Å². The van der Waals surface area contributed by atoms with Crippen LogP contribution in [0.1, 0.15) is 40.7 Å². The van der Waals surface area contributed by atoms with Gasteiger partial charge in [0.15, 0.2) is 0 Å². The van der Waals surface area contributed by atoms with Crippen LogP contribution in [0, 0.1) is 5.41 Å². The van der Waals surface area contributed by atoms with Gasteiger partial charge in [-0.1, -0.05) is 78.9 Å². The molecule has 0 aliphatic carbocycles. The molecule has 4 heterocycles. The van der Waals surface area contributed by atoms with Crippen molar-refractivity contribution in [3.8, 4) is 0 Å². The number of nitrogens with one attached hydrogen (secondary N) is 6. The number of carboxylic acids is 1. The van der Waals surface area contributed by atoms with Crippen molar-refractivity contribution in [1.29, 1.82) is 5.41 Å². The zero-order valence-electron chi connectivity index (χ0n) is 35.8. The number of halogens is 3. The van der Waals surface area contributed by atoms with Crippen LogP contribution < -0.4 is 31.7 Å². The number of rotatable bonds is 8. The Bertz CT molecular complexity index is 2430. The molecule has 4 aliphatic rings. The lowest BCUT2D eigenvalue weighted by Gasteiger charge is -2.34. The molecular formula is C45H52F3N9O8S. The quantitative estimate of drug-likeness (QED) is 0.0942. The van der Waals surface area contributed by atoms with E-state index in [4.69, 9.17) is 21.0 Å². The molecule has 4 amide bonds. The summed E-state index contributed by atoms with van der Waals surface area (Å²) in [7, 11) is -4.08. The summed E-state index contributed by atoms with van der Waals surface area (Å²) in [6, 6.07) is 26.9. The number of alkyl halides is 3. The van der Waals surface area contributed by atoms with Crippen LogP contribution in [0.15, 0.2) is 103 Å². The molecule has 352 valence electrons. The minimum atomic E-state index is -5.08. The van der Waals surface area contributed by atoms with Gasteiger partial charge in [0.05, 0.1) is 5.75 Å². The van der Waals surface area contributed by atoms with Crippen LogP contribution in [0.3, 0.4) is 0 Å². The zero-order valence-corrected chi connectivity index (χ0v) is 36.6. The lowest BCUT2D eigenvalue weighted by Crippen LogP contribution is -2.55. The molecule has 0 saturated carbocycles. The van der Waals surface area contributed by atoms with Crippen LogP contribution in [0.25, 0.3) is 0 Å². The average Bonchev–Trinajstić information content (AvgIpc) is 3.27. The van der Waals surface area contributed by atoms with Gasteiger partial charge in [0, 0.05) is 82.0 Å². The van der Waals surface area contributed by atoms with Crippen molar-refractivity contribution < 1.29 is 50.7 Å². The number of nitrogens with two attached hydrogens (primary N) is 1. The number of amides is 4. The summed E-state index contributed by atoms with van der Waals surface area (Å²) in [6.45, 7) is 4.42. The first kappa shape index (κ1) is 50.3. The summed E-state index contributed by atoms with van der Waals surface area (Å²) in [4.78, 5) is 67.5. The number of hydrogen-bond donors (Lipinski definition) is 8. The Hall–Kier alpha value is -6.68. The highest BCUT2D eigenvalue weighted by molar-refractivity contribution is 7.88. The number of amidine groups is 1. The van der Waals surface area contributed by atoms with Gasteiger partial charge in [-0.2, -0.15) is 13.2 Å². The van der Waals surface area contributed by atoms with Crippen molar-refractivity contribution >= 4 is 56.8 Å². The number of benzene rings is 4. The molecule has 0 unspecified atom stereocenters. The maximum atomic E-state index is 14.3. The highest BCUT2D eigenvalue weighted by Gasteiger charge is 2.38. The van der Waals surface area contributed by atoms with E-state index in [0.29, 0.717) is 53.1 Å². The molecule has 2 atom stereocenters. The summed E-state index contributed by atoms with van der Waals surface area (Å²) in [6.07, 6.45) is -4.54. The standard InChI is InChI=1S/C43H51N9O6S.C2HF3O2/c44-41(45)34-13-9-31(10-14-34)28-46-42(55)37-26-30-11-15-35(16-12-30)47-39(53)17-19-51-21-23-52(24-22-51)20-18-40(54)48-36-8-4-7-33(25-36)27-38(43(56)49-37)50-59(57,58)29-32-5-2-1-3-6-32;3-2(4,5)1(6)7/h1-16,25,37-38,50H,17-24,26-29H2,(H3,44,45)(H,46,55)(H,47,53)(H,48,54)(H,49,56);(H,6,7)/t37-,38+;/m0./s1. The van der Waals surface area contributed by atoms with Gasteiger partial charge in [0.2, 0.25) is 33.7 Å². The van der Waals surface area contributed by atoms with Gasteiger partial charge in [-0.3, -0.25) is 24.6 Å². The molecule has 4 aromatic carbocycles. The summed E-state index contributed by atoms with van der Waals surface area (Å²) < 4.78 is 61.5. The van der Waals surface area contributed by atoms with Crippen LogP contribution in [0.5, 0.6) is 0 Å². The van der Waals surface area contributed by atoms with Crippen LogP contribution in [-0.4, -0.2) is 116 Å². The Morgan fingerprint density at radius 1 is 0.742 bits per heavy atom. The minimum Gasteiger partial charge on any atom is -0.475 e. The fraction of sp³-hybridized carbons (Fsp3) is 0.333. The monoisotopic (exact) mass is 935 g/mol. The maximum absolute atomic E-state index is 14.3. The first-order valence-electron chi connectivity index (χ1n) is 20.9. The normalized spacial score (nSPS) is 19.9. The molecular weight excluding hydrogens is 884 g/mol. The van der Waals surface area contributed by atoms with Crippen LogP contribution in [-0.2, 0) is 59.1 Å². The zero-order chi connectivity index (χ0) is 47.9. The number of nitrogens with zero attached hydrogens (tertiary/aromatic N) is 2. The summed E-state index contributed by atoms with van der Waals surface area (Å²) in [5.74, 6) is -4.77. The first-order chi connectivity index (χ1) is 31.3. The van der Waals surface area contributed by atoms with Gasteiger partial charge in [0.25, 0.3) is 0 Å². The molecule has 4 aromatic rings. The van der Waals surface area contributed by atoms with E-state index in [2.05, 4.69) is 35.8 Å². The Morgan fingerprint density at radius 2 is 1.32 bits per heavy atom. The number of carboxylic acid groups (broad SMARTS) is 1. The van der Waals surface area contributed by atoms with Gasteiger partial charge in [0.1, 0.15) is 17.9 Å². The van der Waals surface area contributed by atoms with Crippen molar-refractivity contribution in [1.82, 2.24) is 25.2 Å². The fourth-order valence-corrected chi connectivity index (χ4v) is 8.35. The van der Waals surface area contributed by atoms with Crippen molar-refractivity contribution in [3.63, 3.8) is 0 Å². The Balaban J connectivity index is 0.00000108. The average molecular weight is 936 g/mol. The highest BCUT2D eigenvalue weighted by atomic mass is 32.2. The number of anilines is 2. The Labute approximate surface area is 379 Å². The van der Waals surface area contributed by atoms with E-state index in [1.807, 2.05) is 0 Å². The molecule has 66 heavy (non-hydrogen) atoms. The van der Waals surface area contributed by atoms with Crippen molar-refractivity contribution in [3.05, 3.63) is 131 Å². The van der Waals surface area contributed by atoms with Crippen molar-refractivity contribution in [2.45, 2.75) is 56.2 Å². The largest absolute Gasteiger partial charge is 0.490 e. The second-order valence-electron chi connectivity index (χ2n) is 15.7. The number of nitrogen functional groups attached to an aromatic ring is 1. The topological polar surface area (TPSA) is 256 Å². The van der Waals surface area contributed by atoms with Crippen molar-refractivity contribution in [2.24, 2.45) is 5.73 Å². The molecule has 1 fully saturated rings. The SMILES string of the molecule is N=C(N)c1ccc(CNC(=O)[C@@H]2Cc3ccc(cc3)NC(=O)CCN3CCN(CCC(=O)Nc4cccc(c4)C[C@@H](NS(=O)(=O)Cc4ccccc4)C(=O)N2)CC3)cc1.O=C(O)C(F)(F)F. The lowest BCUT2D eigenvalue weighted by atomic mass is 10.0. The highest BCUT2D eigenvalue weighted by Crippen LogP contribution is 2.18. The van der Waals surface area contributed by atoms with E-state index < -0.39 is 46.1 Å². The molecule has 4 aliphatic heterocycles. The van der Waals surface area contributed by atoms with E-state index in [1.54, 1.807) is 103 Å². The Kier molecular flexibility index (Phi) is 17.9. The number of carbonyl (C=O) groups is 5. The molecule has 9 N–H and O–H groups in total. The molecule has 21 heteroatoms. The minimum absolute atomic E-state index is 0.0477.